The van der Waals surface area contributed by atoms with Crippen molar-refractivity contribution in [1.29, 1.82) is 0 Å². The second-order valence-electron chi connectivity index (χ2n) is 5.71. The lowest BCUT2D eigenvalue weighted by atomic mass is 10.1. The molecule has 12 nitrogen and oxygen atoms in total. The summed E-state index contributed by atoms with van der Waals surface area (Å²) in [6.45, 7) is 0. The summed E-state index contributed by atoms with van der Waals surface area (Å²) < 4.78 is 57.3. The molecule has 0 aliphatic heterocycles. The van der Waals surface area contributed by atoms with E-state index in [4.69, 9.17) is 15.9 Å². The zero-order valence-corrected chi connectivity index (χ0v) is 18.0. The molecule has 0 rings (SSSR count). The second-order valence-corrected chi connectivity index (χ2v) is 13.4. The summed E-state index contributed by atoms with van der Waals surface area (Å²) in [6, 6.07) is -2.87. The molecular formula is C12H22N2O10S4. The number of rotatable bonds is 14. The molecular weight excluding hydrogens is 460 g/mol. The van der Waals surface area contributed by atoms with Crippen molar-refractivity contribution in [3.05, 3.63) is 0 Å². The summed E-state index contributed by atoms with van der Waals surface area (Å²) in [5.74, 6) is -4.22. The first-order valence-electron chi connectivity index (χ1n) is 7.44. The lowest BCUT2D eigenvalue weighted by Gasteiger charge is -2.14. The van der Waals surface area contributed by atoms with Gasteiger partial charge in [0.05, 0.1) is 5.75 Å². The van der Waals surface area contributed by atoms with Crippen LogP contribution >= 0.6 is 0 Å². The molecule has 5 atom stereocenters. The Labute approximate surface area is 168 Å². The van der Waals surface area contributed by atoms with E-state index in [1.165, 1.54) is 0 Å². The van der Waals surface area contributed by atoms with Crippen LogP contribution in [0.3, 0.4) is 0 Å². The van der Waals surface area contributed by atoms with Gasteiger partial charge in [-0.05, 0) is 6.42 Å². The van der Waals surface area contributed by atoms with Crippen LogP contribution in [-0.4, -0.2) is 88.5 Å². The summed E-state index contributed by atoms with van der Waals surface area (Å²) in [5.41, 5.74) is 5.23. The van der Waals surface area contributed by atoms with E-state index in [9.17, 15) is 35.4 Å². The number of nitrogens with two attached hydrogens (primary N) is 1. The van der Waals surface area contributed by atoms with Crippen molar-refractivity contribution in [1.82, 2.24) is 5.32 Å². The highest BCUT2D eigenvalue weighted by Gasteiger charge is 2.24. The fourth-order valence-corrected chi connectivity index (χ4v) is 8.69. The van der Waals surface area contributed by atoms with E-state index in [0.29, 0.717) is 0 Å². The van der Waals surface area contributed by atoms with Crippen LogP contribution < -0.4 is 11.1 Å². The number of carboxylic acids is 2. The van der Waals surface area contributed by atoms with E-state index in [1.54, 1.807) is 0 Å². The van der Waals surface area contributed by atoms with Crippen LogP contribution in [0.1, 0.15) is 12.8 Å². The Morgan fingerprint density at radius 2 is 1.54 bits per heavy atom. The number of hydrogen-bond donors (Lipinski definition) is 4. The third-order valence-electron chi connectivity index (χ3n) is 2.86. The molecule has 0 saturated heterocycles. The third-order valence-corrected chi connectivity index (χ3v) is 10.5. The number of amides is 1. The monoisotopic (exact) mass is 482 g/mol. The molecule has 0 bridgehead atoms. The van der Waals surface area contributed by atoms with Gasteiger partial charge in [-0.1, -0.05) is 0 Å². The Bertz CT molecular complexity index is 766. The number of carbonyl (C=O) groups excluding carboxylic acids is 1. The maximum absolute atomic E-state index is 12.0. The zero-order chi connectivity index (χ0) is 22.1. The first kappa shape index (κ1) is 26.8. The molecule has 0 aliphatic rings. The van der Waals surface area contributed by atoms with Crippen LogP contribution in [0.5, 0.6) is 0 Å². The van der Waals surface area contributed by atoms with E-state index in [0.717, 1.165) is 6.26 Å². The highest BCUT2D eigenvalue weighted by atomic mass is 32.3. The van der Waals surface area contributed by atoms with Crippen molar-refractivity contribution in [2.24, 2.45) is 5.73 Å². The molecule has 0 spiro atoms. The number of nitrogens with one attached hydrogen (secondary N) is 1. The molecule has 164 valence electrons. The van der Waals surface area contributed by atoms with Crippen LogP contribution in [-0.2, 0) is 56.6 Å². The largest absolute Gasteiger partial charge is 0.480 e. The number of sulfone groups is 1. The minimum absolute atomic E-state index is 0.229. The van der Waals surface area contributed by atoms with Crippen LogP contribution in [0, 0.1) is 0 Å². The Morgan fingerprint density at radius 1 is 1.00 bits per heavy atom. The van der Waals surface area contributed by atoms with Gasteiger partial charge >= 0.3 is 11.9 Å². The van der Waals surface area contributed by atoms with E-state index < -0.39 is 93.2 Å². The number of aliphatic carboxylic acids is 2. The standard InChI is InChI=1S/C12H22N2O10S4/c1-28(23,24)7-27(22)6-26(21)5-25(20)4-9(12(18)19)14-10(15)3-2-8(13)11(16)17/h8-9H,2-7,13H2,1H3,(H,14,15)(H,16,17)(H,18,19)/t8-,9-,25?,26?,27?/m0/s1. The average molecular weight is 483 g/mol. The van der Waals surface area contributed by atoms with Crippen molar-refractivity contribution in [2.75, 3.05) is 27.3 Å². The highest BCUT2D eigenvalue weighted by molar-refractivity contribution is 8.13. The molecule has 3 unspecified atom stereocenters. The van der Waals surface area contributed by atoms with Crippen molar-refractivity contribution >= 4 is 60.1 Å². The molecule has 0 aromatic rings. The lowest BCUT2D eigenvalue weighted by Crippen LogP contribution is -2.45. The summed E-state index contributed by atoms with van der Waals surface area (Å²) in [5, 5.41) is 18.0. The molecule has 0 aliphatic carbocycles. The minimum Gasteiger partial charge on any atom is -0.480 e. The van der Waals surface area contributed by atoms with Crippen molar-refractivity contribution in [3.8, 4) is 0 Å². The molecule has 0 radical (unpaired) electrons. The molecule has 0 aromatic heterocycles. The molecule has 0 aromatic carbocycles. The molecule has 0 heterocycles. The van der Waals surface area contributed by atoms with Gasteiger partial charge in [0.2, 0.25) is 5.91 Å². The van der Waals surface area contributed by atoms with E-state index >= 15 is 0 Å². The summed E-state index contributed by atoms with van der Waals surface area (Å²) in [4.78, 5) is 33.4. The van der Waals surface area contributed by atoms with Crippen LogP contribution in [0.4, 0.5) is 0 Å². The van der Waals surface area contributed by atoms with Crippen LogP contribution in [0.15, 0.2) is 0 Å². The molecule has 28 heavy (non-hydrogen) atoms. The molecule has 16 heteroatoms. The Kier molecular flexibility index (Phi) is 11.8. The van der Waals surface area contributed by atoms with Crippen molar-refractivity contribution in [3.63, 3.8) is 0 Å². The van der Waals surface area contributed by atoms with Crippen molar-refractivity contribution < 1.29 is 45.6 Å². The predicted octanol–water partition coefficient (Wildman–Crippen LogP) is -3.09. The summed E-state index contributed by atoms with van der Waals surface area (Å²) >= 11 is 0. The number of carboxylic acid groups (broad SMARTS) is 2. The van der Waals surface area contributed by atoms with Gasteiger partial charge in [-0.2, -0.15) is 0 Å². The molecule has 1 amide bonds. The topological polar surface area (TPSA) is 215 Å². The Balaban J connectivity index is 4.59. The van der Waals surface area contributed by atoms with Gasteiger partial charge in [-0.15, -0.1) is 0 Å². The van der Waals surface area contributed by atoms with Gasteiger partial charge in [0, 0.05) is 45.1 Å². The molecule has 0 saturated carbocycles. The van der Waals surface area contributed by atoms with E-state index in [2.05, 4.69) is 5.32 Å². The Morgan fingerprint density at radius 3 is 2.00 bits per heavy atom. The maximum Gasteiger partial charge on any atom is 0.327 e. The quantitative estimate of drug-likeness (QED) is 0.194. The first-order chi connectivity index (χ1) is 12.7. The maximum atomic E-state index is 12.0. The fraction of sp³-hybridized carbons (Fsp3) is 0.750. The SMILES string of the molecule is CS(=O)(=O)CS(=O)CS(=O)CS(=O)C[C@H](NC(=O)CC[C@H](N)C(=O)O)C(=O)O. The van der Waals surface area contributed by atoms with Crippen LogP contribution in [0.2, 0.25) is 0 Å². The van der Waals surface area contributed by atoms with Gasteiger partial charge in [0.1, 0.15) is 27.3 Å². The van der Waals surface area contributed by atoms with Crippen LogP contribution in [0.25, 0.3) is 0 Å². The summed E-state index contributed by atoms with van der Waals surface area (Å²) in [7, 11) is -9.39. The predicted molar refractivity (Wildman–Crippen MR) is 103 cm³/mol. The molecule has 5 N–H and O–H groups in total. The third kappa shape index (κ3) is 13.0. The summed E-state index contributed by atoms with van der Waals surface area (Å²) in [6.07, 6.45) is 0.266. The zero-order valence-electron chi connectivity index (χ0n) is 14.8. The second kappa shape index (κ2) is 12.4. The Hall–Kier alpha value is -1.23. The van der Waals surface area contributed by atoms with Gasteiger partial charge in [0.25, 0.3) is 0 Å². The van der Waals surface area contributed by atoms with Gasteiger partial charge < -0.3 is 21.3 Å². The normalized spacial score (nSPS) is 17.1. The van der Waals surface area contributed by atoms with Crippen molar-refractivity contribution in [2.45, 2.75) is 24.9 Å². The van der Waals surface area contributed by atoms with E-state index in [-0.39, 0.29) is 12.8 Å². The van der Waals surface area contributed by atoms with Gasteiger partial charge in [-0.25, -0.2) is 13.2 Å². The van der Waals surface area contributed by atoms with E-state index in [1.807, 2.05) is 0 Å². The average Bonchev–Trinajstić information content (AvgIpc) is 2.49. The van der Waals surface area contributed by atoms with Gasteiger partial charge in [0.15, 0.2) is 9.84 Å². The number of carbonyl (C=O) groups is 3. The smallest absolute Gasteiger partial charge is 0.327 e. The molecule has 0 fully saturated rings. The fourth-order valence-electron chi connectivity index (χ4n) is 1.69. The van der Waals surface area contributed by atoms with Gasteiger partial charge in [-0.3, -0.25) is 22.2 Å². The highest BCUT2D eigenvalue weighted by Crippen LogP contribution is 2.01. The number of hydrogen-bond acceptors (Lipinski definition) is 9. The first-order valence-corrected chi connectivity index (χ1v) is 14.0. The lowest BCUT2D eigenvalue weighted by molar-refractivity contribution is -0.141. The minimum atomic E-state index is -3.54.